The number of allylic oxidation sites excluding steroid dienone is 1. The first kappa shape index (κ1) is 27.2. The monoisotopic (exact) mass is 576 g/mol. The molecule has 2 amide bonds. The van der Waals surface area contributed by atoms with E-state index in [0.29, 0.717) is 42.5 Å². The number of aromatic nitrogens is 2. The zero-order valence-corrected chi connectivity index (χ0v) is 22.4. The molecule has 204 valence electrons. The van der Waals surface area contributed by atoms with Gasteiger partial charge in [-0.2, -0.15) is 23.3 Å². The second-order valence-electron chi connectivity index (χ2n) is 9.19. The number of piperazine rings is 1. The number of hydrogen-bond acceptors (Lipinski definition) is 6. The van der Waals surface area contributed by atoms with Crippen molar-refractivity contribution in [3.8, 4) is 0 Å². The number of likely N-dealkylation sites (N-methyl/N-ethyl adjacent to an activating group) is 1. The predicted octanol–water partition coefficient (Wildman–Crippen LogP) is 4.18. The number of amides is 2. The average molecular weight is 577 g/mol. The molecule has 2 aromatic carbocycles. The Hall–Kier alpha value is -3.35. The number of carbonyl (C=O) groups excluding carboxylic acids is 2. The number of H-pyrrole nitrogens is 1. The van der Waals surface area contributed by atoms with Gasteiger partial charge in [-0.25, -0.2) is 0 Å². The van der Waals surface area contributed by atoms with Gasteiger partial charge in [0.15, 0.2) is 5.17 Å². The molecule has 1 fully saturated rings. The van der Waals surface area contributed by atoms with Crippen LogP contribution in [0.15, 0.2) is 52.5 Å². The van der Waals surface area contributed by atoms with Crippen molar-refractivity contribution in [3.63, 3.8) is 0 Å². The van der Waals surface area contributed by atoms with E-state index in [1.165, 1.54) is 23.9 Å². The van der Waals surface area contributed by atoms with Crippen LogP contribution in [0, 0.1) is 0 Å². The molecule has 2 aliphatic rings. The highest BCUT2D eigenvalue weighted by molar-refractivity contribution is 8.18. The second-order valence-corrected chi connectivity index (χ2v) is 10.6. The van der Waals surface area contributed by atoms with Gasteiger partial charge in [0.05, 0.1) is 28.7 Å². The van der Waals surface area contributed by atoms with Gasteiger partial charge in [0.25, 0.3) is 5.91 Å². The molecule has 13 heteroatoms. The number of nitrogens with zero attached hydrogens (tertiary/aromatic N) is 4. The van der Waals surface area contributed by atoms with Crippen LogP contribution < -0.4 is 5.32 Å². The summed E-state index contributed by atoms with van der Waals surface area (Å²) in [5.74, 6) is -0.566. The lowest BCUT2D eigenvalue weighted by Crippen LogP contribution is -2.50. The van der Waals surface area contributed by atoms with Crippen LogP contribution in [0.2, 0.25) is 5.02 Å². The Balaban J connectivity index is 1.48. The summed E-state index contributed by atoms with van der Waals surface area (Å²) in [4.78, 5) is 33.4. The molecular weight excluding hydrogens is 553 g/mol. The SMILES string of the molecule is CNC(=O)CN1CCN(C2=NC(=O)C(=C(Cc3ccc(Cl)cc3C(F)(F)F)c3ccc4[nH]ncc4c3)S2)CC1. The summed E-state index contributed by atoms with van der Waals surface area (Å²) < 4.78 is 41.8. The molecular formula is C26H24ClF3N6O2S. The van der Waals surface area contributed by atoms with Gasteiger partial charge in [0, 0.05) is 43.6 Å². The Morgan fingerprint density at radius 1 is 1.15 bits per heavy atom. The number of fused-ring (bicyclic) bond motifs is 1. The van der Waals surface area contributed by atoms with Gasteiger partial charge in [-0.05, 0) is 59.1 Å². The third kappa shape index (κ3) is 5.97. The number of thioether (sulfide) groups is 1. The van der Waals surface area contributed by atoms with Gasteiger partial charge >= 0.3 is 6.18 Å². The normalized spacial score (nSPS) is 18.0. The van der Waals surface area contributed by atoms with E-state index < -0.39 is 17.6 Å². The first-order chi connectivity index (χ1) is 18.6. The molecule has 0 unspecified atom stereocenters. The van der Waals surface area contributed by atoms with Crippen LogP contribution in [-0.2, 0) is 22.2 Å². The van der Waals surface area contributed by atoms with Crippen LogP contribution in [0.5, 0.6) is 0 Å². The predicted molar refractivity (Wildman–Crippen MR) is 145 cm³/mol. The number of rotatable bonds is 5. The van der Waals surface area contributed by atoms with Gasteiger partial charge < -0.3 is 10.2 Å². The molecule has 0 saturated carbocycles. The van der Waals surface area contributed by atoms with E-state index in [-0.39, 0.29) is 34.4 Å². The summed E-state index contributed by atoms with van der Waals surface area (Å²) in [5.41, 5.74) is 0.975. The minimum atomic E-state index is -4.62. The summed E-state index contributed by atoms with van der Waals surface area (Å²) in [6, 6.07) is 9.00. The zero-order valence-electron chi connectivity index (χ0n) is 20.8. The smallest absolute Gasteiger partial charge is 0.358 e. The molecule has 0 bridgehead atoms. The Labute approximate surface area is 231 Å². The molecule has 2 aliphatic heterocycles. The Morgan fingerprint density at radius 2 is 1.92 bits per heavy atom. The van der Waals surface area contributed by atoms with Crippen molar-refractivity contribution in [2.75, 3.05) is 39.8 Å². The summed E-state index contributed by atoms with van der Waals surface area (Å²) in [7, 11) is 1.59. The molecule has 0 aliphatic carbocycles. The zero-order chi connectivity index (χ0) is 27.7. The third-order valence-corrected chi connectivity index (χ3v) is 8.07. The maximum Gasteiger partial charge on any atom is 0.416 e. The first-order valence-electron chi connectivity index (χ1n) is 12.1. The fourth-order valence-corrected chi connectivity index (χ4v) is 5.84. The van der Waals surface area contributed by atoms with Gasteiger partial charge in [-0.3, -0.25) is 19.6 Å². The van der Waals surface area contributed by atoms with E-state index in [2.05, 4.69) is 20.5 Å². The van der Waals surface area contributed by atoms with Gasteiger partial charge in [-0.1, -0.05) is 23.7 Å². The summed E-state index contributed by atoms with van der Waals surface area (Å²) in [5, 5.41) is 10.7. The summed E-state index contributed by atoms with van der Waals surface area (Å²) in [6.07, 6.45) is -3.14. The van der Waals surface area contributed by atoms with Gasteiger partial charge in [0.2, 0.25) is 5.91 Å². The highest BCUT2D eigenvalue weighted by Gasteiger charge is 2.35. The second kappa shape index (κ2) is 11.0. The fraction of sp³-hybridized carbons (Fsp3) is 0.308. The Morgan fingerprint density at radius 3 is 2.64 bits per heavy atom. The highest BCUT2D eigenvalue weighted by atomic mass is 35.5. The van der Waals surface area contributed by atoms with E-state index in [1.807, 2.05) is 9.80 Å². The molecule has 3 heterocycles. The van der Waals surface area contributed by atoms with Crippen molar-refractivity contribution >= 4 is 56.8 Å². The van der Waals surface area contributed by atoms with E-state index in [0.717, 1.165) is 17.0 Å². The van der Waals surface area contributed by atoms with Crippen LogP contribution >= 0.6 is 23.4 Å². The van der Waals surface area contributed by atoms with Crippen molar-refractivity contribution in [2.45, 2.75) is 12.6 Å². The van der Waals surface area contributed by atoms with E-state index in [9.17, 15) is 22.8 Å². The number of nitrogens with one attached hydrogen (secondary N) is 2. The van der Waals surface area contributed by atoms with Crippen LogP contribution in [0.3, 0.4) is 0 Å². The van der Waals surface area contributed by atoms with E-state index >= 15 is 0 Å². The van der Waals surface area contributed by atoms with Crippen molar-refractivity contribution in [1.29, 1.82) is 0 Å². The van der Waals surface area contributed by atoms with Crippen molar-refractivity contribution in [1.82, 2.24) is 25.3 Å². The average Bonchev–Trinajstić information content (AvgIpc) is 3.54. The summed E-state index contributed by atoms with van der Waals surface area (Å²) in [6.45, 7) is 2.65. The quantitative estimate of drug-likeness (QED) is 0.443. The van der Waals surface area contributed by atoms with Crippen molar-refractivity contribution < 1.29 is 22.8 Å². The minimum absolute atomic E-state index is 0.00588. The topological polar surface area (TPSA) is 93.7 Å². The number of alkyl halides is 3. The third-order valence-electron chi connectivity index (χ3n) is 6.68. The Kier molecular flexibility index (Phi) is 7.70. The number of halogens is 4. The Bertz CT molecular complexity index is 1490. The number of aliphatic imine (C=N–C) groups is 1. The molecule has 8 nitrogen and oxygen atoms in total. The standard InChI is InChI=1S/C26H24ClF3N6O2S/c1-31-22(37)14-35-6-8-36(9-7-35)25-33-24(38)23(39-25)19(15-3-5-21-17(10-15)13-32-34-21)11-16-2-4-18(27)12-20(16)26(28,29)30/h2-5,10,12-13H,6-9,11,14H2,1H3,(H,31,37)(H,32,34). The molecule has 39 heavy (non-hydrogen) atoms. The largest absolute Gasteiger partial charge is 0.416 e. The molecule has 0 spiro atoms. The number of carbonyl (C=O) groups is 2. The van der Waals surface area contributed by atoms with Gasteiger partial charge in [0.1, 0.15) is 0 Å². The number of hydrogen-bond donors (Lipinski definition) is 2. The van der Waals surface area contributed by atoms with Crippen LogP contribution in [-0.4, -0.2) is 76.8 Å². The lowest BCUT2D eigenvalue weighted by atomic mass is 9.93. The number of benzene rings is 2. The molecule has 1 saturated heterocycles. The number of amidine groups is 1. The number of aromatic amines is 1. The fourth-order valence-electron chi connectivity index (χ4n) is 4.60. The molecule has 0 radical (unpaired) electrons. The summed E-state index contributed by atoms with van der Waals surface area (Å²) >= 11 is 7.07. The van der Waals surface area contributed by atoms with Crippen LogP contribution in [0.1, 0.15) is 16.7 Å². The molecule has 2 N–H and O–H groups in total. The molecule has 0 atom stereocenters. The van der Waals surface area contributed by atoms with E-state index in [4.69, 9.17) is 11.6 Å². The molecule has 3 aromatic rings. The maximum atomic E-state index is 13.9. The van der Waals surface area contributed by atoms with Gasteiger partial charge in [-0.15, -0.1) is 0 Å². The molecule has 1 aromatic heterocycles. The maximum absolute atomic E-state index is 13.9. The van der Waals surface area contributed by atoms with E-state index in [1.54, 1.807) is 31.4 Å². The van der Waals surface area contributed by atoms with Crippen molar-refractivity contribution in [3.05, 3.63) is 69.2 Å². The lowest BCUT2D eigenvalue weighted by molar-refractivity contribution is -0.138. The van der Waals surface area contributed by atoms with Crippen molar-refractivity contribution in [2.24, 2.45) is 4.99 Å². The first-order valence-corrected chi connectivity index (χ1v) is 13.3. The molecule has 5 rings (SSSR count). The minimum Gasteiger partial charge on any atom is -0.358 e. The highest BCUT2D eigenvalue weighted by Crippen LogP contribution is 2.40. The lowest BCUT2D eigenvalue weighted by Gasteiger charge is -2.34. The van der Waals surface area contributed by atoms with Crippen LogP contribution in [0.25, 0.3) is 16.5 Å². The van der Waals surface area contributed by atoms with Crippen LogP contribution in [0.4, 0.5) is 13.2 Å².